The van der Waals surface area contributed by atoms with Gasteiger partial charge in [-0.15, -0.1) is 0 Å². The Morgan fingerprint density at radius 3 is 2.43 bits per heavy atom. The Morgan fingerprint density at radius 2 is 1.80 bits per heavy atom. The van der Waals surface area contributed by atoms with E-state index in [1.807, 2.05) is 62.5 Å². The van der Waals surface area contributed by atoms with E-state index in [0.29, 0.717) is 35.6 Å². The van der Waals surface area contributed by atoms with Gasteiger partial charge >= 0.3 is 0 Å². The molecule has 0 bridgehead atoms. The average Bonchev–Trinajstić information content (AvgIpc) is 3.59. The number of methoxy groups -OCH3 is 2. The Morgan fingerprint density at radius 1 is 1.09 bits per heavy atom. The SMILES string of the molecule is COc1ccc(-n2cc(-c3ccccc3)nc2NC(=O)CN(CC2CC2)C(=O)C(C)C)cc1OC. The number of carbonyl (C=O) groups excluding carboxylic acids is 2. The molecule has 1 heterocycles. The zero-order valence-corrected chi connectivity index (χ0v) is 20.7. The van der Waals surface area contributed by atoms with E-state index in [1.54, 1.807) is 29.8 Å². The number of imidazole rings is 1. The topological polar surface area (TPSA) is 85.7 Å². The van der Waals surface area contributed by atoms with Crippen LogP contribution in [0.15, 0.2) is 54.7 Å². The highest BCUT2D eigenvalue weighted by Crippen LogP contribution is 2.32. The highest BCUT2D eigenvalue weighted by atomic mass is 16.5. The Labute approximate surface area is 205 Å². The molecule has 2 amide bonds. The van der Waals surface area contributed by atoms with E-state index in [9.17, 15) is 9.59 Å². The van der Waals surface area contributed by atoms with Gasteiger partial charge in [0.25, 0.3) is 0 Å². The molecule has 0 unspecified atom stereocenters. The average molecular weight is 477 g/mol. The summed E-state index contributed by atoms with van der Waals surface area (Å²) in [6, 6.07) is 15.3. The number of hydrogen-bond donors (Lipinski definition) is 1. The maximum atomic E-state index is 13.1. The van der Waals surface area contributed by atoms with Crippen LogP contribution in [0.5, 0.6) is 11.5 Å². The van der Waals surface area contributed by atoms with Crippen LogP contribution in [0.4, 0.5) is 5.95 Å². The third-order valence-corrected chi connectivity index (χ3v) is 5.99. The molecule has 1 fully saturated rings. The summed E-state index contributed by atoms with van der Waals surface area (Å²) in [5.41, 5.74) is 2.39. The number of anilines is 1. The molecule has 184 valence electrons. The minimum Gasteiger partial charge on any atom is -0.493 e. The lowest BCUT2D eigenvalue weighted by Crippen LogP contribution is -2.41. The van der Waals surface area contributed by atoms with Gasteiger partial charge in [0.05, 0.1) is 32.1 Å². The van der Waals surface area contributed by atoms with Crippen molar-refractivity contribution < 1.29 is 19.1 Å². The molecule has 0 aliphatic heterocycles. The number of carbonyl (C=O) groups is 2. The minimum atomic E-state index is -0.286. The summed E-state index contributed by atoms with van der Waals surface area (Å²) in [6.45, 7) is 4.32. The molecule has 2 aromatic carbocycles. The molecule has 8 heteroatoms. The Kier molecular flexibility index (Phi) is 7.39. The van der Waals surface area contributed by atoms with Crippen LogP contribution in [0.2, 0.25) is 0 Å². The molecule has 0 radical (unpaired) electrons. The lowest BCUT2D eigenvalue weighted by Gasteiger charge is -2.24. The fraction of sp³-hybridized carbons (Fsp3) is 0.370. The molecule has 1 aliphatic rings. The maximum Gasteiger partial charge on any atom is 0.246 e. The summed E-state index contributed by atoms with van der Waals surface area (Å²) in [7, 11) is 3.16. The van der Waals surface area contributed by atoms with Gasteiger partial charge in [-0.1, -0.05) is 44.2 Å². The van der Waals surface area contributed by atoms with Crippen LogP contribution in [-0.4, -0.2) is 53.6 Å². The Balaban J connectivity index is 1.64. The van der Waals surface area contributed by atoms with E-state index >= 15 is 0 Å². The smallest absolute Gasteiger partial charge is 0.246 e. The predicted molar refractivity (Wildman–Crippen MR) is 135 cm³/mol. The zero-order valence-electron chi connectivity index (χ0n) is 20.7. The number of nitrogens with one attached hydrogen (secondary N) is 1. The lowest BCUT2D eigenvalue weighted by molar-refractivity contribution is -0.137. The van der Waals surface area contributed by atoms with Gasteiger partial charge in [-0.25, -0.2) is 4.98 Å². The monoisotopic (exact) mass is 476 g/mol. The number of hydrogen-bond acceptors (Lipinski definition) is 5. The van der Waals surface area contributed by atoms with Gasteiger partial charge in [0, 0.05) is 30.3 Å². The van der Waals surface area contributed by atoms with Crippen LogP contribution in [0.3, 0.4) is 0 Å². The second-order valence-corrected chi connectivity index (χ2v) is 9.09. The number of amides is 2. The summed E-state index contributed by atoms with van der Waals surface area (Å²) >= 11 is 0. The van der Waals surface area contributed by atoms with E-state index in [2.05, 4.69) is 5.32 Å². The highest BCUT2D eigenvalue weighted by molar-refractivity contribution is 5.94. The first-order valence-electron chi connectivity index (χ1n) is 11.9. The largest absolute Gasteiger partial charge is 0.493 e. The molecule has 3 aromatic rings. The van der Waals surface area contributed by atoms with Crippen LogP contribution in [0.25, 0.3) is 16.9 Å². The summed E-state index contributed by atoms with van der Waals surface area (Å²) in [4.78, 5) is 32.2. The van der Waals surface area contributed by atoms with Gasteiger partial charge in [0.2, 0.25) is 17.8 Å². The van der Waals surface area contributed by atoms with E-state index in [-0.39, 0.29) is 24.3 Å². The van der Waals surface area contributed by atoms with E-state index in [4.69, 9.17) is 14.5 Å². The van der Waals surface area contributed by atoms with Crippen molar-refractivity contribution in [3.05, 3.63) is 54.7 Å². The van der Waals surface area contributed by atoms with Crippen molar-refractivity contribution in [2.45, 2.75) is 26.7 Å². The van der Waals surface area contributed by atoms with E-state index < -0.39 is 0 Å². The normalized spacial score (nSPS) is 12.9. The summed E-state index contributed by atoms with van der Waals surface area (Å²) in [5.74, 6) is 1.56. The molecule has 0 saturated heterocycles. The number of aromatic nitrogens is 2. The first kappa shape index (κ1) is 24.3. The maximum absolute atomic E-state index is 13.1. The molecule has 1 aromatic heterocycles. The quantitative estimate of drug-likeness (QED) is 0.469. The second-order valence-electron chi connectivity index (χ2n) is 9.09. The van der Waals surface area contributed by atoms with E-state index in [1.165, 1.54) is 0 Å². The number of rotatable bonds is 10. The first-order valence-corrected chi connectivity index (χ1v) is 11.9. The van der Waals surface area contributed by atoms with Crippen LogP contribution in [-0.2, 0) is 9.59 Å². The number of ether oxygens (including phenoxy) is 2. The van der Waals surface area contributed by atoms with Crippen molar-refractivity contribution in [2.75, 3.05) is 32.6 Å². The molecule has 8 nitrogen and oxygen atoms in total. The van der Waals surface area contributed by atoms with Gasteiger partial charge in [-0.3, -0.25) is 19.5 Å². The van der Waals surface area contributed by atoms with Crippen molar-refractivity contribution in [2.24, 2.45) is 11.8 Å². The van der Waals surface area contributed by atoms with Gasteiger partial charge in [-0.2, -0.15) is 0 Å². The van der Waals surface area contributed by atoms with Crippen molar-refractivity contribution in [3.63, 3.8) is 0 Å². The molecular formula is C27H32N4O4. The van der Waals surface area contributed by atoms with Crippen LogP contribution >= 0.6 is 0 Å². The van der Waals surface area contributed by atoms with Gasteiger partial charge in [0.15, 0.2) is 11.5 Å². The van der Waals surface area contributed by atoms with Crippen LogP contribution in [0.1, 0.15) is 26.7 Å². The van der Waals surface area contributed by atoms with Crippen LogP contribution < -0.4 is 14.8 Å². The third kappa shape index (κ3) is 5.82. The van der Waals surface area contributed by atoms with Crippen molar-refractivity contribution >= 4 is 17.8 Å². The fourth-order valence-corrected chi connectivity index (χ4v) is 3.94. The van der Waals surface area contributed by atoms with Gasteiger partial charge in [0.1, 0.15) is 0 Å². The second kappa shape index (κ2) is 10.6. The highest BCUT2D eigenvalue weighted by Gasteiger charge is 2.29. The van der Waals surface area contributed by atoms with Crippen molar-refractivity contribution in [1.29, 1.82) is 0 Å². The van der Waals surface area contributed by atoms with Crippen molar-refractivity contribution in [3.8, 4) is 28.4 Å². The molecule has 1 N–H and O–H groups in total. The summed E-state index contributed by atoms with van der Waals surface area (Å²) < 4.78 is 12.6. The standard InChI is InChI=1S/C27H32N4O4/c1-18(2)26(33)30(15-19-10-11-19)17-25(32)29-27-28-22(20-8-6-5-7-9-20)16-31(27)21-12-13-23(34-3)24(14-21)35-4/h5-9,12-14,16,18-19H,10-11,15,17H2,1-4H3,(H,28,29,32). The number of benzene rings is 2. The van der Waals surface area contributed by atoms with E-state index in [0.717, 1.165) is 24.1 Å². The molecule has 0 atom stereocenters. The number of nitrogens with zero attached hydrogens (tertiary/aromatic N) is 3. The summed E-state index contributed by atoms with van der Waals surface area (Å²) in [6.07, 6.45) is 4.08. The molecule has 0 spiro atoms. The first-order chi connectivity index (χ1) is 16.9. The molecule has 1 aliphatic carbocycles. The lowest BCUT2D eigenvalue weighted by atomic mass is 10.2. The minimum absolute atomic E-state index is 0.00697. The predicted octanol–water partition coefficient (Wildman–Crippen LogP) is 4.39. The summed E-state index contributed by atoms with van der Waals surface area (Å²) in [5, 5.41) is 2.93. The van der Waals surface area contributed by atoms with Crippen LogP contribution in [0, 0.1) is 11.8 Å². The molecule has 1 saturated carbocycles. The molecule has 4 rings (SSSR count). The van der Waals surface area contributed by atoms with Crippen molar-refractivity contribution in [1.82, 2.24) is 14.5 Å². The fourth-order valence-electron chi connectivity index (χ4n) is 3.94. The Bertz CT molecular complexity index is 1190. The Hall–Kier alpha value is -3.81. The zero-order chi connectivity index (χ0) is 24.9. The molecule has 35 heavy (non-hydrogen) atoms. The van der Waals surface area contributed by atoms with Gasteiger partial charge < -0.3 is 14.4 Å². The third-order valence-electron chi connectivity index (χ3n) is 5.99. The van der Waals surface area contributed by atoms with Gasteiger partial charge in [-0.05, 0) is 30.9 Å². The molecular weight excluding hydrogens is 444 g/mol.